The quantitative estimate of drug-likeness (QED) is 0.920. The maximum Gasteiger partial charge on any atom is 0.240 e. The van der Waals surface area contributed by atoms with Gasteiger partial charge >= 0.3 is 0 Å². The van der Waals surface area contributed by atoms with Crippen molar-refractivity contribution in [3.63, 3.8) is 0 Å². The molecule has 2 rings (SSSR count). The van der Waals surface area contributed by atoms with Gasteiger partial charge in [-0.05, 0) is 36.8 Å². The van der Waals surface area contributed by atoms with Crippen LogP contribution >= 0.6 is 0 Å². The van der Waals surface area contributed by atoms with Crippen molar-refractivity contribution in [1.82, 2.24) is 5.32 Å². The summed E-state index contributed by atoms with van der Waals surface area (Å²) < 4.78 is 0. The smallest absolute Gasteiger partial charge is 0.240 e. The molecule has 24 heavy (non-hydrogen) atoms. The third-order valence-corrected chi connectivity index (χ3v) is 3.67. The van der Waals surface area contributed by atoms with Gasteiger partial charge in [0.2, 0.25) is 11.8 Å². The summed E-state index contributed by atoms with van der Waals surface area (Å²) >= 11 is 0. The fourth-order valence-electron chi connectivity index (χ4n) is 2.36. The Morgan fingerprint density at radius 3 is 2.29 bits per heavy atom. The summed E-state index contributed by atoms with van der Waals surface area (Å²) in [7, 11) is 0. The maximum absolute atomic E-state index is 12.3. The average molecular weight is 321 g/mol. The Bertz CT molecular complexity index is 748. The Kier molecular flexibility index (Phi) is 5.69. The van der Waals surface area contributed by atoms with Crippen LogP contribution in [0.1, 0.15) is 31.0 Å². The molecule has 0 aromatic heterocycles. The lowest BCUT2D eigenvalue weighted by atomic mass is 10.1. The van der Waals surface area contributed by atoms with Crippen LogP contribution in [0.3, 0.4) is 0 Å². The molecule has 1 N–H and O–H groups in total. The van der Waals surface area contributed by atoms with Crippen LogP contribution in [-0.2, 0) is 9.59 Å². The fourth-order valence-corrected chi connectivity index (χ4v) is 2.36. The number of hydrogen-bond acceptors (Lipinski definition) is 3. The molecule has 0 saturated heterocycles. The number of hydrogen-bond donors (Lipinski definition) is 1. The van der Waals surface area contributed by atoms with Crippen LogP contribution < -0.4 is 10.2 Å². The van der Waals surface area contributed by atoms with Crippen LogP contribution in [0.5, 0.6) is 0 Å². The van der Waals surface area contributed by atoms with E-state index in [9.17, 15) is 9.59 Å². The van der Waals surface area contributed by atoms with E-state index < -0.39 is 0 Å². The molecule has 2 aromatic carbocycles. The highest BCUT2D eigenvalue weighted by atomic mass is 16.2. The van der Waals surface area contributed by atoms with Crippen molar-refractivity contribution in [2.75, 3.05) is 11.4 Å². The molecular weight excluding hydrogens is 302 g/mol. The molecule has 1 atom stereocenters. The number of nitrogens with zero attached hydrogens (tertiary/aromatic N) is 2. The molecule has 0 spiro atoms. The predicted octanol–water partition coefficient (Wildman–Crippen LogP) is 2.79. The lowest BCUT2D eigenvalue weighted by molar-refractivity contribution is -0.123. The first-order valence-electron chi connectivity index (χ1n) is 7.64. The van der Waals surface area contributed by atoms with E-state index in [1.165, 1.54) is 11.8 Å². The van der Waals surface area contributed by atoms with Crippen molar-refractivity contribution in [3.8, 4) is 6.07 Å². The van der Waals surface area contributed by atoms with E-state index in [2.05, 4.69) is 5.32 Å². The summed E-state index contributed by atoms with van der Waals surface area (Å²) in [6, 6.07) is 18.1. The molecule has 5 heteroatoms. The minimum Gasteiger partial charge on any atom is -0.348 e. The SMILES string of the molecule is CC(=O)N(CC(=O)NC(C)c1ccccc1)c1ccc(C#N)cc1. The number of carbonyl (C=O) groups excluding carboxylic acids is 2. The van der Waals surface area contributed by atoms with E-state index in [1.54, 1.807) is 24.3 Å². The van der Waals surface area contributed by atoms with E-state index in [0.29, 0.717) is 11.3 Å². The fraction of sp³-hybridized carbons (Fsp3) is 0.211. The van der Waals surface area contributed by atoms with E-state index in [0.717, 1.165) is 5.56 Å². The normalized spacial score (nSPS) is 11.2. The number of carbonyl (C=O) groups is 2. The van der Waals surface area contributed by atoms with Gasteiger partial charge in [-0.1, -0.05) is 30.3 Å². The molecule has 0 radical (unpaired) electrons. The minimum absolute atomic E-state index is 0.0710. The maximum atomic E-state index is 12.3. The second-order valence-corrected chi connectivity index (χ2v) is 5.46. The number of anilines is 1. The van der Waals surface area contributed by atoms with Crippen molar-refractivity contribution in [2.24, 2.45) is 0 Å². The van der Waals surface area contributed by atoms with Gasteiger partial charge in [-0.3, -0.25) is 9.59 Å². The first-order valence-corrected chi connectivity index (χ1v) is 7.64. The Morgan fingerprint density at radius 1 is 1.12 bits per heavy atom. The molecule has 1 unspecified atom stereocenters. The largest absolute Gasteiger partial charge is 0.348 e. The summed E-state index contributed by atoms with van der Waals surface area (Å²) in [6.45, 7) is 3.23. The van der Waals surface area contributed by atoms with Gasteiger partial charge in [0.1, 0.15) is 6.54 Å². The third-order valence-electron chi connectivity index (χ3n) is 3.67. The summed E-state index contributed by atoms with van der Waals surface area (Å²) in [5.41, 5.74) is 2.09. The molecule has 2 aromatic rings. The van der Waals surface area contributed by atoms with Crippen LogP contribution in [0.25, 0.3) is 0 Å². The van der Waals surface area contributed by atoms with Crippen molar-refractivity contribution in [1.29, 1.82) is 5.26 Å². The van der Waals surface area contributed by atoms with Crippen LogP contribution in [-0.4, -0.2) is 18.4 Å². The topological polar surface area (TPSA) is 73.2 Å². The summed E-state index contributed by atoms with van der Waals surface area (Å²) in [5, 5.41) is 11.7. The van der Waals surface area contributed by atoms with Crippen molar-refractivity contribution < 1.29 is 9.59 Å². The molecule has 0 heterocycles. The molecular formula is C19H19N3O2. The van der Waals surface area contributed by atoms with Crippen molar-refractivity contribution >= 4 is 17.5 Å². The number of amides is 2. The molecule has 0 aliphatic rings. The van der Waals surface area contributed by atoms with Crippen LogP contribution in [0, 0.1) is 11.3 Å². The molecule has 0 bridgehead atoms. The molecule has 122 valence electrons. The summed E-state index contributed by atoms with van der Waals surface area (Å²) in [6.07, 6.45) is 0. The zero-order chi connectivity index (χ0) is 17.5. The number of nitriles is 1. The number of nitrogens with one attached hydrogen (secondary N) is 1. The van der Waals surface area contributed by atoms with Crippen molar-refractivity contribution in [2.45, 2.75) is 19.9 Å². The van der Waals surface area contributed by atoms with Crippen LogP contribution in [0.15, 0.2) is 54.6 Å². The zero-order valence-corrected chi connectivity index (χ0v) is 13.7. The van der Waals surface area contributed by atoms with Gasteiger partial charge in [0.05, 0.1) is 17.7 Å². The first-order chi connectivity index (χ1) is 11.5. The van der Waals surface area contributed by atoms with Gasteiger partial charge in [-0.15, -0.1) is 0 Å². The predicted molar refractivity (Wildman–Crippen MR) is 92.2 cm³/mol. The van der Waals surface area contributed by atoms with Gasteiger partial charge in [0, 0.05) is 12.6 Å². The Morgan fingerprint density at radius 2 is 1.75 bits per heavy atom. The van der Waals surface area contributed by atoms with E-state index in [-0.39, 0.29) is 24.4 Å². The minimum atomic E-state index is -0.245. The van der Waals surface area contributed by atoms with Gasteiger partial charge in [-0.2, -0.15) is 5.26 Å². The molecule has 2 amide bonds. The highest BCUT2D eigenvalue weighted by molar-refractivity contribution is 5.97. The standard InChI is InChI=1S/C19H19N3O2/c1-14(17-6-4-3-5-7-17)21-19(24)13-22(15(2)23)18-10-8-16(12-20)9-11-18/h3-11,14H,13H2,1-2H3,(H,21,24). The van der Waals surface area contributed by atoms with E-state index in [1.807, 2.05) is 43.3 Å². The lowest BCUT2D eigenvalue weighted by Gasteiger charge is -2.22. The Balaban J connectivity index is 2.06. The van der Waals surface area contributed by atoms with Gasteiger partial charge in [0.25, 0.3) is 0 Å². The Hall–Kier alpha value is -3.13. The first kappa shape index (κ1) is 17.2. The molecule has 0 aliphatic carbocycles. The van der Waals surface area contributed by atoms with E-state index >= 15 is 0 Å². The highest BCUT2D eigenvalue weighted by Gasteiger charge is 2.17. The number of rotatable bonds is 5. The molecule has 0 fully saturated rings. The molecule has 0 saturated carbocycles. The number of benzene rings is 2. The Labute approximate surface area is 141 Å². The van der Waals surface area contributed by atoms with Gasteiger partial charge in [0.15, 0.2) is 0 Å². The van der Waals surface area contributed by atoms with Crippen LogP contribution in [0.2, 0.25) is 0 Å². The summed E-state index contributed by atoms with van der Waals surface area (Å²) in [5.74, 6) is -0.479. The van der Waals surface area contributed by atoms with E-state index in [4.69, 9.17) is 5.26 Å². The van der Waals surface area contributed by atoms with Crippen molar-refractivity contribution in [3.05, 3.63) is 65.7 Å². The van der Waals surface area contributed by atoms with Gasteiger partial charge < -0.3 is 10.2 Å². The molecule has 5 nitrogen and oxygen atoms in total. The average Bonchev–Trinajstić information content (AvgIpc) is 2.60. The third kappa shape index (κ3) is 4.43. The zero-order valence-electron chi connectivity index (χ0n) is 13.7. The molecule has 0 aliphatic heterocycles. The second kappa shape index (κ2) is 7.93. The highest BCUT2D eigenvalue weighted by Crippen LogP contribution is 2.16. The monoisotopic (exact) mass is 321 g/mol. The summed E-state index contributed by atoms with van der Waals surface area (Å²) in [4.78, 5) is 25.5. The second-order valence-electron chi connectivity index (χ2n) is 5.46. The lowest BCUT2D eigenvalue weighted by Crippen LogP contribution is -2.40. The van der Waals surface area contributed by atoms with Crippen LogP contribution in [0.4, 0.5) is 5.69 Å². The van der Waals surface area contributed by atoms with Gasteiger partial charge in [-0.25, -0.2) is 0 Å².